The van der Waals surface area contributed by atoms with Gasteiger partial charge in [0.1, 0.15) is 22.8 Å². The lowest BCUT2D eigenvalue weighted by Crippen LogP contribution is -2.46. The number of Topliss-reactive ketones (excluding diaryl/α,β-unsaturated/α-hetero) is 1. The van der Waals surface area contributed by atoms with E-state index in [4.69, 9.17) is 24.2 Å². The summed E-state index contributed by atoms with van der Waals surface area (Å²) in [4.78, 5) is 23.8. The number of nitrogens with zero attached hydrogens (tertiary/aromatic N) is 2. The molecule has 1 aliphatic carbocycles. The minimum absolute atomic E-state index is 0.0617. The van der Waals surface area contributed by atoms with Gasteiger partial charge in [-0.15, -0.1) is 0 Å². The standard InChI is InChI=1S/C37H38N2O4/c1-21-10-15-28-27(18-21)33-35-34(25-8-6-7-9-26(25)36(33)43-37(28,2)3)39-30-19-23(12-16-29(30)38-35)31(40)17-13-22-11-14-24(41-4)20-32(22)42-5/h6-9,11-12,14,16,19-21,27-28H,10,13,15,17-18H2,1-5H3/t21-,27-,28-/m1/s1. The monoisotopic (exact) mass is 574 g/mol. The molecule has 6 heteroatoms. The van der Waals surface area contributed by atoms with E-state index in [1.165, 1.54) is 12.0 Å². The van der Waals surface area contributed by atoms with Crippen LogP contribution < -0.4 is 14.2 Å². The largest absolute Gasteiger partial charge is 0.497 e. The van der Waals surface area contributed by atoms with Gasteiger partial charge in [0.25, 0.3) is 0 Å². The number of carbonyl (C=O) groups is 1. The van der Waals surface area contributed by atoms with Crippen LogP contribution in [0.15, 0.2) is 60.7 Å². The first-order valence-corrected chi connectivity index (χ1v) is 15.4. The van der Waals surface area contributed by atoms with E-state index in [0.717, 1.165) is 68.5 Å². The average molecular weight is 575 g/mol. The Bertz CT molecular complexity index is 1900. The molecular formula is C37H38N2O4. The molecule has 220 valence electrons. The minimum atomic E-state index is -0.246. The summed E-state index contributed by atoms with van der Waals surface area (Å²) >= 11 is 0. The lowest BCUT2D eigenvalue weighted by Gasteiger charge is -2.49. The molecule has 3 atom stereocenters. The van der Waals surface area contributed by atoms with Crippen molar-refractivity contribution in [2.75, 3.05) is 14.2 Å². The van der Waals surface area contributed by atoms with Crippen LogP contribution >= 0.6 is 0 Å². The van der Waals surface area contributed by atoms with Crippen LogP contribution in [0, 0.1) is 11.8 Å². The molecule has 0 saturated heterocycles. The Balaban J connectivity index is 1.31. The lowest BCUT2D eigenvalue weighted by molar-refractivity contribution is -0.0115. The molecule has 1 aromatic heterocycles. The van der Waals surface area contributed by atoms with Crippen molar-refractivity contribution in [3.05, 3.63) is 77.4 Å². The predicted molar refractivity (Wildman–Crippen MR) is 171 cm³/mol. The Labute approximate surface area is 252 Å². The molecule has 7 rings (SSSR count). The van der Waals surface area contributed by atoms with Crippen molar-refractivity contribution in [1.82, 2.24) is 9.97 Å². The van der Waals surface area contributed by atoms with Crippen LogP contribution in [0.5, 0.6) is 17.2 Å². The van der Waals surface area contributed by atoms with E-state index < -0.39 is 0 Å². The second kappa shape index (κ2) is 10.5. The van der Waals surface area contributed by atoms with E-state index in [2.05, 4.69) is 39.0 Å². The van der Waals surface area contributed by atoms with Gasteiger partial charge in [0.2, 0.25) is 0 Å². The predicted octanol–water partition coefficient (Wildman–Crippen LogP) is 8.46. The van der Waals surface area contributed by atoms with Crippen LogP contribution in [0.4, 0.5) is 0 Å². The Morgan fingerprint density at radius 3 is 2.51 bits per heavy atom. The summed E-state index contributed by atoms with van der Waals surface area (Å²) < 4.78 is 17.7. The van der Waals surface area contributed by atoms with Crippen molar-refractivity contribution >= 4 is 38.6 Å². The molecule has 1 saturated carbocycles. The number of aromatic nitrogens is 2. The van der Waals surface area contributed by atoms with E-state index >= 15 is 0 Å². The quantitative estimate of drug-likeness (QED) is 0.115. The fourth-order valence-corrected chi connectivity index (χ4v) is 7.52. The molecule has 43 heavy (non-hydrogen) atoms. The Kier molecular flexibility index (Phi) is 6.76. The van der Waals surface area contributed by atoms with E-state index in [1.807, 2.05) is 42.5 Å². The maximum Gasteiger partial charge on any atom is 0.163 e. The highest BCUT2D eigenvalue weighted by atomic mass is 16.5. The summed E-state index contributed by atoms with van der Waals surface area (Å²) in [6, 6.07) is 19.8. The zero-order chi connectivity index (χ0) is 29.9. The molecule has 2 aliphatic rings. The topological polar surface area (TPSA) is 70.5 Å². The van der Waals surface area contributed by atoms with Gasteiger partial charge in [-0.2, -0.15) is 0 Å². The second-order valence-electron chi connectivity index (χ2n) is 12.9. The molecule has 0 amide bonds. The summed E-state index contributed by atoms with van der Waals surface area (Å²) in [5.74, 6) is 3.94. The molecule has 0 unspecified atom stereocenters. The highest BCUT2D eigenvalue weighted by Gasteiger charge is 2.47. The van der Waals surface area contributed by atoms with Gasteiger partial charge in [-0.05, 0) is 74.8 Å². The summed E-state index contributed by atoms with van der Waals surface area (Å²) in [7, 11) is 3.26. The maximum atomic E-state index is 13.4. The molecule has 4 aromatic carbocycles. The molecule has 0 spiro atoms. The van der Waals surface area contributed by atoms with E-state index in [0.29, 0.717) is 36.2 Å². The first kappa shape index (κ1) is 27.6. The Hall–Kier alpha value is -4.19. The maximum absolute atomic E-state index is 13.4. The molecule has 0 radical (unpaired) electrons. The number of ketones is 1. The van der Waals surface area contributed by atoms with Crippen LogP contribution in [-0.4, -0.2) is 35.6 Å². The van der Waals surface area contributed by atoms with Gasteiger partial charge < -0.3 is 14.2 Å². The third kappa shape index (κ3) is 4.68. The van der Waals surface area contributed by atoms with Crippen molar-refractivity contribution in [2.45, 2.75) is 64.4 Å². The number of benzene rings is 4. The Morgan fingerprint density at radius 2 is 1.72 bits per heavy atom. The zero-order valence-corrected chi connectivity index (χ0v) is 25.6. The fraction of sp³-hybridized carbons (Fsp3) is 0.378. The molecule has 5 aromatic rings. The molecule has 2 heterocycles. The van der Waals surface area contributed by atoms with Crippen LogP contribution in [0.2, 0.25) is 0 Å². The van der Waals surface area contributed by atoms with Crippen molar-refractivity contribution in [3.8, 4) is 17.2 Å². The number of fused-ring (bicyclic) bond motifs is 9. The van der Waals surface area contributed by atoms with Crippen LogP contribution in [-0.2, 0) is 6.42 Å². The van der Waals surface area contributed by atoms with E-state index in [-0.39, 0.29) is 11.4 Å². The van der Waals surface area contributed by atoms with Gasteiger partial charge in [-0.1, -0.05) is 43.7 Å². The number of hydrogen-bond donors (Lipinski definition) is 0. The fourth-order valence-electron chi connectivity index (χ4n) is 7.52. The zero-order valence-electron chi connectivity index (χ0n) is 25.6. The number of aryl methyl sites for hydroxylation is 1. The van der Waals surface area contributed by atoms with Crippen LogP contribution in [0.1, 0.15) is 73.9 Å². The first-order chi connectivity index (χ1) is 20.8. The lowest BCUT2D eigenvalue weighted by atomic mass is 9.64. The number of hydrogen-bond acceptors (Lipinski definition) is 6. The molecule has 0 N–H and O–H groups in total. The van der Waals surface area contributed by atoms with Gasteiger partial charge in [-0.25, -0.2) is 9.97 Å². The van der Waals surface area contributed by atoms with Gasteiger partial charge >= 0.3 is 0 Å². The van der Waals surface area contributed by atoms with Crippen molar-refractivity contribution in [1.29, 1.82) is 0 Å². The molecular weight excluding hydrogens is 536 g/mol. The minimum Gasteiger partial charge on any atom is -0.497 e. The Morgan fingerprint density at radius 1 is 0.930 bits per heavy atom. The second-order valence-corrected chi connectivity index (χ2v) is 12.9. The SMILES string of the molecule is COc1ccc(CCC(=O)c2ccc3nc4c5c(c6ccccc6c4nc3c2)OC(C)(C)[C@@H]2CC[C@@H](C)C[C@@H]52)c(OC)c1. The summed E-state index contributed by atoms with van der Waals surface area (Å²) in [5, 5.41) is 2.12. The molecule has 6 nitrogen and oxygen atoms in total. The van der Waals surface area contributed by atoms with E-state index in [1.54, 1.807) is 14.2 Å². The van der Waals surface area contributed by atoms with Crippen molar-refractivity contribution < 1.29 is 19.0 Å². The van der Waals surface area contributed by atoms with Gasteiger partial charge in [-0.3, -0.25) is 4.79 Å². The number of ether oxygens (including phenoxy) is 3. The third-order valence-electron chi connectivity index (χ3n) is 9.77. The highest BCUT2D eigenvalue weighted by Crippen LogP contribution is 2.56. The summed E-state index contributed by atoms with van der Waals surface area (Å²) in [6.45, 7) is 6.86. The van der Waals surface area contributed by atoms with Gasteiger partial charge in [0, 0.05) is 40.3 Å². The smallest absolute Gasteiger partial charge is 0.163 e. The first-order valence-electron chi connectivity index (χ1n) is 15.4. The summed E-state index contributed by atoms with van der Waals surface area (Å²) in [6.07, 6.45) is 4.44. The summed E-state index contributed by atoms with van der Waals surface area (Å²) in [5.41, 5.74) is 5.93. The van der Waals surface area contributed by atoms with Crippen LogP contribution in [0.25, 0.3) is 32.8 Å². The van der Waals surface area contributed by atoms with Gasteiger partial charge in [0.15, 0.2) is 5.78 Å². The van der Waals surface area contributed by atoms with Crippen LogP contribution in [0.3, 0.4) is 0 Å². The highest BCUT2D eigenvalue weighted by molar-refractivity contribution is 6.11. The number of carbonyl (C=O) groups excluding carboxylic acids is 1. The number of rotatable bonds is 6. The third-order valence-corrected chi connectivity index (χ3v) is 9.77. The molecule has 1 fully saturated rings. The van der Waals surface area contributed by atoms with Crippen molar-refractivity contribution in [3.63, 3.8) is 0 Å². The normalized spacial score (nSPS) is 20.8. The number of methoxy groups -OCH3 is 2. The van der Waals surface area contributed by atoms with Gasteiger partial charge in [0.05, 0.1) is 36.3 Å². The average Bonchev–Trinajstić information content (AvgIpc) is 3.02. The molecule has 1 aliphatic heterocycles. The van der Waals surface area contributed by atoms with Crippen molar-refractivity contribution in [2.24, 2.45) is 11.8 Å². The molecule has 0 bridgehead atoms. The van der Waals surface area contributed by atoms with E-state index in [9.17, 15) is 4.79 Å².